The predicted molar refractivity (Wildman–Crippen MR) is 70.8 cm³/mol. The fraction of sp³-hybridized carbons (Fsp3) is 0.308. The number of nitrogens with one attached hydrogen (secondary N) is 1. The number of pyridine rings is 1. The molecule has 0 unspecified atom stereocenters. The van der Waals surface area contributed by atoms with Gasteiger partial charge in [-0.15, -0.1) is 10.2 Å². The van der Waals surface area contributed by atoms with E-state index in [4.69, 9.17) is 4.74 Å². The van der Waals surface area contributed by atoms with Crippen LogP contribution in [0.5, 0.6) is 5.88 Å². The van der Waals surface area contributed by atoms with Crippen molar-refractivity contribution in [3.63, 3.8) is 0 Å². The summed E-state index contributed by atoms with van der Waals surface area (Å²) in [5, 5.41) is 11.5. The molecule has 0 fully saturated rings. The third-order valence-corrected chi connectivity index (χ3v) is 2.98. The van der Waals surface area contributed by atoms with Gasteiger partial charge in [-0.1, -0.05) is 0 Å². The highest BCUT2D eigenvalue weighted by Gasteiger charge is 2.11. The Morgan fingerprint density at radius 1 is 1.17 bits per heavy atom. The SMILES string of the molecule is CNc1nnc(-c2ccnc(OC)c2)c(C)c1C. The Balaban J connectivity index is 2.54. The molecule has 18 heavy (non-hydrogen) atoms. The molecule has 0 radical (unpaired) electrons. The van der Waals surface area contributed by atoms with E-state index in [9.17, 15) is 0 Å². The van der Waals surface area contributed by atoms with Crippen molar-refractivity contribution in [3.8, 4) is 17.1 Å². The lowest BCUT2D eigenvalue weighted by Gasteiger charge is -2.11. The van der Waals surface area contributed by atoms with Gasteiger partial charge in [-0.2, -0.15) is 0 Å². The van der Waals surface area contributed by atoms with Gasteiger partial charge in [-0.05, 0) is 31.0 Å². The van der Waals surface area contributed by atoms with Crippen molar-refractivity contribution in [1.29, 1.82) is 0 Å². The van der Waals surface area contributed by atoms with Crippen LogP contribution < -0.4 is 10.1 Å². The minimum absolute atomic E-state index is 0.573. The van der Waals surface area contributed by atoms with Crippen molar-refractivity contribution in [1.82, 2.24) is 15.2 Å². The van der Waals surface area contributed by atoms with Gasteiger partial charge in [-0.25, -0.2) is 4.98 Å². The summed E-state index contributed by atoms with van der Waals surface area (Å²) in [6.07, 6.45) is 1.70. The molecule has 0 aliphatic rings. The van der Waals surface area contributed by atoms with Gasteiger partial charge in [0.1, 0.15) is 0 Å². The molecule has 0 aliphatic heterocycles. The Morgan fingerprint density at radius 3 is 2.61 bits per heavy atom. The summed E-state index contributed by atoms with van der Waals surface area (Å²) in [6.45, 7) is 4.06. The molecule has 1 N–H and O–H groups in total. The van der Waals surface area contributed by atoms with Gasteiger partial charge in [0.25, 0.3) is 0 Å². The smallest absolute Gasteiger partial charge is 0.213 e. The molecule has 0 saturated heterocycles. The zero-order valence-electron chi connectivity index (χ0n) is 11.0. The molecule has 0 saturated carbocycles. The molecule has 0 amide bonds. The normalized spacial score (nSPS) is 10.2. The molecule has 0 spiro atoms. The number of methoxy groups -OCH3 is 1. The number of anilines is 1. The quantitative estimate of drug-likeness (QED) is 0.897. The molecule has 5 heteroatoms. The molecule has 0 aliphatic carbocycles. The zero-order valence-corrected chi connectivity index (χ0v) is 11.0. The van der Waals surface area contributed by atoms with Crippen LogP contribution in [0.1, 0.15) is 11.1 Å². The number of aromatic nitrogens is 3. The first-order chi connectivity index (χ1) is 8.67. The number of rotatable bonds is 3. The predicted octanol–water partition coefficient (Wildman–Crippen LogP) is 2.21. The molecule has 2 aromatic rings. The fourth-order valence-corrected chi connectivity index (χ4v) is 1.79. The van der Waals surface area contributed by atoms with Crippen molar-refractivity contribution in [2.75, 3.05) is 19.5 Å². The van der Waals surface area contributed by atoms with Crippen LogP contribution in [-0.4, -0.2) is 29.3 Å². The van der Waals surface area contributed by atoms with Crippen molar-refractivity contribution in [2.45, 2.75) is 13.8 Å². The van der Waals surface area contributed by atoms with Gasteiger partial charge in [0.15, 0.2) is 5.82 Å². The van der Waals surface area contributed by atoms with Gasteiger partial charge in [0.05, 0.1) is 12.8 Å². The van der Waals surface area contributed by atoms with E-state index < -0.39 is 0 Å². The van der Waals surface area contributed by atoms with Crippen molar-refractivity contribution < 1.29 is 4.74 Å². The highest BCUT2D eigenvalue weighted by atomic mass is 16.5. The number of hydrogen-bond donors (Lipinski definition) is 1. The minimum atomic E-state index is 0.573. The number of nitrogens with zero attached hydrogens (tertiary/aromatic N) is 3. The molecule has 2 rings (SSSR count). The number of ether oxygens (including phenoxy) is 1. The largest absolute Gasteiger partial charge is 0.481 e. The summed E-state index contributed by atoms with van der Waals surface area (Å²) in [5.41, 5.74) is 4.01. The number of hydrogen-bond acceptors (Lipinski definition) is 5. The summed E-state index contributed by atoms with van der Waals surface area (Å²) in [7, 11) is 3.44. The minimum Gasteiger partial charge on any atom is -0.481 e. The van der Waals surface area contributed by atoms with Gasteiger partial charge in [0.2, 0.25) is 5.88 Å². The first-order valence-electron chi connectivity index (χ1n) is 5.69. The molecular weight excluding hydrogens is 228 g/mol. The molecule has 94 valence electrons. The standard InChI is InChI=1S/C13H16N4O/c1-8-9(2)13(14-3)17-16-12(8)10-5-6-15-11(7-10)18-4/h5-7H,1-4H3,(H,14,17). The van der Waals surface area contributed by atoms with Gasteiger partial charge in [-0.3, -0.25) is 0 Å². The van der Waals surface area contributed by atoms with E-state index in [1.54, 1.807) is 13.3 Å². The van der Waals surface area contributed by atoms with Crippen LogP contribution in [0.25, 0.3) is 11.3 Å². The Labute approximate surface area is 106 Å². The Morgan fingerprint density at radius 2 is 1.94 bits per heavy atom. The van der Waals surface area contributed by atoms with Crippen LogP contribution in [0.3, 0.4) is 0 Å². The second kappa shape index (κ2) is 5.00. The van der Waals surface area contributed by atoms with Crippen molar-refractivity contribution in [3.05, 3.63) is 29.5 Å². The first-order valence-corrected chi connectivity index (χ1v) is 5.69. The average Bonchev–Trinajstić information content (AvgIpc) is 2.42. The first kappa shape index (κ1) is 12.3. The third-order valence-electron chi connectivity index (χ3n) is 2.98. The molecule has 5 nitrogen and oxygen atoms in total. The Kier molecular flexibility index (Phi) is 3.41. The van der Waals surface area contributed by atoms with Crippen LogP contribution in [0.2, 0.25) is 0 Å². The molecule has 2 heterocycles. The summed E-state index contributed by atoms with van der Waals surface area (Å²) < 4.78 is 5.12. The van der Waals surface area contributed by atoms with Gasteiger partial charge >= 0.3 is 0 Å². The van der Waals surface area contributed by atoms with Crippen LogP contribution in [0, 0.1) is 13.8 Å². The average molecular weight is 244 g/mol. The van der Waals surface area contributed by atoms with Gasteiger partial charge < -0.3 is 10.1 Å². The Hall–Kier alpha value is -2.17. The Bertz CT molecular complexity index is 569. The summed E-state index contributed by atoms with van der Waals surface area (Å²) in [4.78, 5) is 4.09. The fourth-order valence-electron chi connectivity index (χ4n) is 1.79. The van der Waals surface area contributed by atoms with Crippen LogP contribution in [-0.2, 0) is 0 Å². The van der Waals surface area contributed by atoms with E-state index in [0.717, 1.165) is 28.2 Å². The van der Waals surface area contributed by atoms with E-state index in [0.29, 0.717) is 5.88 Å². The molecule has 0 bridgehead atoms. The lowest BCUT2D eigenvalue weighted by molar-refractivity contribution is 0.398. The molecule has 0 aromatic carbocycles. The summed E-state index contributed by atoms with van der Waals surface area (Å²) in [5.74, 6) is 1.38. The summed E-state index contributed by atoms with van der Waals surface area (Å²) in [6, 6.07) is 3.76. The third kappa shape index (κ3) is 2.11. The zero-order chi connectivity index (χ0) is 13.1. The maximum Gasteiger partial charge on any atom is 0.213 e. The van der Waals surface area contributed by atoms with Crippen molar-refractivity contribution in [2.24, 2.45) is 0 Å². The van der Waals surface area contributed by atoms with Crippen LogP contribution in [0.4, 0.5) is 5.82 Å². The van der Waals surface area contributed by atoms with E-state index in [1.807, 2.05) is 33.0 Å². The second-order valence-corrected chi connectivity index (χ2v) is 3.98. The van der Waals surface area contributed by atoms with E-state index >= 15 is 0 Å². The van der Waals surface area contributed by atoms with Gasteiger partial charge in [0, 0.05) is 24.9 Å². The maximum absolute atomic E-state index is 5.12. The maximum atomic E-state index is 5.12. The summed E-state index contributed by atoms with van der Waals surface area (Å²) >= 11 is 0. The topological polar surface area (TPSA) is 59.9 Å². The van der Waals surface area contributed by atoms with E-state index in [-0.39, 0.29) is 0 Å². The highest BCUT2D eigenvalue weighted by molar-refractivity contribution is 5.66. The van der Waals surface area contributed by atoms with E-state index in [1.165, 1.54) is 0 Å². The van der Waals surface area contributed by atoms with E-state index in [2.05, 4.69) is 20.5 Å². The second-order valence-electron chi connectivity index (χ2n) is 3.98. The van der Waals surface area contributed by atoms with Crippen LogP contribution in [0.15, 0.2) is 18.3 Å². The lowest BCUT2D eigenvalue weighted by Crippen LogP contribution is -2.02. The van der Waals surface area contributed by atoms with Crippen molar-refractivity contribution >= 4 is 5.82 Å². The highest BCUT2D eigenvalue weighted by Crippen LogP contribution is 2.26. The monoisotopic (exact) mass is 244 g/mol. The van der Waals surface area contributed by atoms with Crippen LogP contribution >= 0.6 is 0 Å². The lowest BCUT2D eigenvalue weighted by atomic mass is 10.0. The molecular formula is C13H16N4O. The molecule has 2 aromatic heterocycles. The molecule has 0 atom stereocenters.